The summed E-state index contributed by atoms with van der Waals surface area (Å²) in [6.45, 7) is 2.93. The molecule has 0 bridgehead atoms. The van der Waals surface area contributed by atoms with Crippen LogP contribution in [0.4, 0.5) is 0 Å². The molecule has 1 fully saturated rings. The van der Waals surface area contributed by atoms with Gasteiger partial charge in [-0.05, 0) is 42.7 Å². The maximum Gasteiger partial charge on any atom is 0.220 e. The van der Waals surface area contributed by atoms with Crippen LogP contribution in [-0.2, 0) is 11.2 Å². The molecule has 116 valence electrons. The molecular weight excluding hydrogens is 326 g/mol. The van der Waals surface area contributed by atoms with Crippen LogP contribution in [0.2, 0.25) is 0 Å². The minimum absolute atomic E-state index is 0.184. The normalized spacial score (nSPS) is 17.4. The molecule has 2 nitrogen and oxygen atoms in total. The van der Waals surface area contributed by atoms with Crippen LogP contribution in [0.15, 0.2) is 24.3 Å². The van der Waals surface area contributed by atoms with Crippen molar-refractivity contribution < 1.29 is 4.79 Å². The molecule has 1 aliphatic rings. The fraction of sp³-hybridized carbons (Fsp3) is 0.611. The lowest BCUT2D eigenvalue weighted by Crippen LogP contribution is -2.40. The third-order valence-electron chi connectivity index (χ3n) is 4.74. The van der Waals surface area contributed by atoms with Gasteiger partial charge >= 0.3 is 0 Å². The van der Waals surface area contributed by atoms with E-state index in [1.54, 1.807) is 0 Å². The Morgan fingerprint density at radius 2 is 1.95 bits per heavy atom. The predicted octanol–water partition coefficient (Wildman–Crippen LogP) is 4.39. The minimum Gasteiger partial charge on any atom is -0.356 e. The molecule has 0 aromatic heterocycles. The highest BCUT2D eigenvalue weighted by Gasteiger charge is 2.31. The van der Waals surface area contributed by atoms with Crippen molar-refractivity contribution in [3.8, 4) is 0 Å². The van der Waals surface area contributed by atoms with Gasteiger partial charge in [0.25, 0.3) is 0 Å². The molecule has 1 saturated carbocycles. The van der Waals surface area contributed by atoms with Crippen molar-refractivity contribution in [2.45, 2.75) is 51.9 Å². The summed E-state index contributed by atoms with van der Waals surface area (Å²) >= 11 is 3.65. The van der Waals surface area contributed by atoms with E-state index in [2.05, 4.69) is 40.3 Å². The average Bonchev–Trinajstić information content (AvgIpc) is 2.53. The van der Waals surface area contributed by atoms with Gasteiger partial charge in [0.1, 0.15) is 0 Å². The van der Waals surface area contributed by atoms with Crippen LogP contribution in [0.25, 0.3) is 0 Å². The second kappa shape index (κ2) is 7.98. The van der Waals surface area contributed by atoms with E-state index in [9.17, 15) is 4.79 Å². The summed E-state index contributed by atoms with van der Waals surface area (Å²) in [5.41, 5.74) is 2.84. The van der Waals surface area contributed by atoms with Crippen molar-refractivity contribution in [3.63, 3.8) is 0 Å². The van der Waals surface area contributed by atoms with E-state index in [0.29, 0.717) is 6.42 Å². The quantitative estimate of drug-likeness (QED) is 0.756. The lowest BCUT2D eigenvalue weighted by atomic mass is 9.75. The van der Waals surface area contributed by atoms with Crippen molar-refractivity contribution >= 4 is 21.8 Å². The second-order valence-corrected chi connectivity index (χ2v) is 6.96. The molecule has 0 saturated heterocycles. The van der Waals surface area contributed by atoms with Crippen molar-refractivity contribution in [2.75, 3.05) is 11.9 Å². The van der Waals surface area contributed by atoms with Gasteiger partial charge in [0.2, 0.25) is 5.91 Å². The van der Waals surface area contributed by atoms with Crippen molar-refractivity contribution in [3.05, 3.63) is 35.4 Å². The van der Waals surface area contributed by atoms with E-state index in [1.165, 1.54) is 43.2 Å². The smallest absolute Gasteiger partial charge is 0.220 e. The Morgan fingerprint density at radius 1 is 1.24 bits per heavy atom. The Kier molecular flexibility index (Phi) is 6.28. The lowest BCUT2D eigenvalue weighted by Gasteiger charge is -2.35. The number of carbonyl (C=O) groups excluding carboxylic acids is 1. The molecule has 0 unspecified atom stereocenters. The first-order valence-electron chi connectivity index (χ1n) is 8.02. The zero-order chi connectivity index (χ0) is 15.1. The largest absolute Gasteiger partial charge is 0.356 e. The first-order valence-corrected chi connectivity index (χ1v) is 9.15. The Bertz CT molecular complexity index is 466. The van der Waals surface area contributed by atoms with Crippen LogP contribution in [-0.4, -0.2) is 17.8 Å². The van der Waals surface area contributed by atoms with Gasteiger partial charge in [-0.1, -0.05) is 59.5 Å². The summed E-state index contributed by atoms with van der Waals surface area (Å²) in [6.07, 6.45) is 7.82. The number of alkyl halides is 1. The molecule has 1 amide bonds. The third kappa shape index (κ3) is 4.84. The minimum atomic E-state index is 0.184. The van der Waals surface area contributed by atoms with Crippen LogP contribution in [0, 0.1) is 12.3 Å². The number of rotatable bonds is 6. The molecule has 0 aliphatic heterocycles. The van der Waals surface area contributed by atoms with Gasteiger partial charge in [-0.2, -0.15) is 0 Å². The molecule has 0 radical (unpaired) electrons. The molecule has 3 heteroatoms. The van der Waals surface area contributed by atoms with E-state index in [4.69, 9.17) is 0 Å². The van der Waals surface area contributed by atoms with Crippen LogP contribution >= 0.6 is 15.9 Å². The topological polar surface area (TPSA) is 29.1 Å². The van der Waals surface area contributed by atoms with Gasteiger partial charge in [0.05, 0.1) is 0 Å². The average molecular weight is 352 g/mol. The molecule has 1 aromatic carbocycles. The standard InChI is InChI=1S/C18H26BrNO/c1-15-7-3-4-8-16(15)9-10-17(21)20-14-18(13-19)11-5-2-6-12-18/h3-4,7-8H,2,5-6,9-14H2,1H3,(H,20,21). The molecule has 0 heterocycles. The third-order valence-corrected chi connectivity index (χ3v) is 5.93. The lowest BCUT2D eigenvalue weighted by molar-refractivity contribution is -0.121. The maximum atomic E-state index is 12.1. The number of benzene rings is 1. The zero-order valence-electron chi connectivity index (χ0n) is 13.0. The van der Waals surface area contributed by atoms with E-state index >= 15 is 0 Å². The number of nitrogens with one attached hydrogen (secondary N) is 1. The van der Waals surface area contributed by atoms with Gasteiger partial charge in [-0.15, -0.1) is 0 Å². The zero-order valence-corrected chi connectivity index (χ0v) is 14.5. The summed E-state index contributed by atoms with van der Waals surface area (Å²) in [5, 5.41) is 4.16. The predicted molar refractivity (Wildman–Crippen MR) is 91.8 cm³/mol. The Morgan fingerprint density at radius 3 is 2.62 bits per heavy atom. The van der Waals surface area contributed by atoms with Gasteiger partial charge in [0.15, 0.2) is 0 Å². The number of hydrogen-bond acceptors (Lipinski definition) is 1. The van der Waals surface area contributed by atoms with Gasteiger partial charge < -0.3 is 5.32 Å². The maximum absolute atomic E-state index is 12.1. The van der Waals surface area contributed by atoms with E-state index < -0.39 is 0 Å². The molecule has 0 spiro atoms. The molecule has 1 aliphatic carbocycles. The molecule has 2 rings (SSSR count). The highest BCUT2D eigenvalue weighted by atomic mass is 79.9. The van der Waals surface area contributed by atoms with Gasteiger partial charge in [-0.3, -0.25) is 4.79 Å². The molecule has 1 aromatic rings. The summed E-state index contributed by atoms with van der Waals surface area (Å²) in [4.78, 5) is 12.1. The van der Waals surface area contributed by atoms with E-state index in [0.717, 1.165) is 18.3 Å². The van der Waals surface area contributed by atoms with E-state index in [-0.39, 0.29) is 11.3 Å². The Hall–Kier alpha value is -0.830. The Labute approximate surface area is 136 Å². The number of aryl methyl sites for hydroxylation is 2. The first kappa shape index (κ1) is 16.5. The van der Waals surface area contributed by atoms with Crippen LogP contribution < -0.4 is 5.32 Å². The van der Waals surface area contributed by atoms with Crippen LogP contribution in [0.3, 0.4) is 0 Å². The fourth-order valence-electron chi connectivity index (χ4n) is 3.17. The van der Waals surface area contributed by atoms with Crippen molar-refractivity contribution in [1.82, 2.24) is 5.32 Å². The highest BCUT2D eigenvalue weighted by Crippen LogP contribution is 2.37. The monoisotopic (exact) mass is 351 g/mol. The van der Waals surface area contributed by atoms with E-state index in [1.807, 2.05) is 12.1 Å². The molecule has 1 N–H and O–H groups in total. The van der Waals surface area contributed by atoms with Gasteiger partial charge in [-0.25, -0.2) is 0 Å². The molecule has 0 atom stereocenters. The number of amides is 1. The summed E-state index contributed by atoms with van der Waals surface area (Å²) in [6, 6.07) is 8.31. The molecule has 21 heavy (non-hydrogen) atoms. The van der Waals surface area contributed by atoms with Gasteiger partial charge in [0, 0.05) is 18.3 Å². The Balaban J connectivity index is 1.78. The van der Waals surface area contributed by atoms with Crippen molar-refractivity contribution in [1.29, 1.82) is 0 Å². The second-order valence-electron chi connectivity index (χ2n) is 6.40. The summed E-state index contributed by atoms with van der Waals surface area (Å²) < 4.78 is 0. The summed E-state index contributed by atoms with van der Waals surface area (Å²) in [5.74, 6) is 0.184. The first-order chi connectivity index (χ1) is 10.2. The number of halogens is 1. The van der Waals surface area contributed by atoms with Crippen molar-refractivity contribution in [2.24, 2.45) is 5.41 Å². The van der Waals surface area contributed by atoms with Crippen LogP contribution in [0.1, 0.15) is 49.7 Å². The summed E-state index contributed by atoms with van der Waals surface area (Å²) in [7, 11) is 0. The fourth-order valence-corrected chi connectivity index (χ4v) is 3.93. The number of carbonyl (C=O) groups is 1. The number of hydrogen-bond donors (Lipinski definition) is 1. The SMILES string of the molecule is Cc1ccccc1CCC(=O)NCC1(CBr)CCCCC1. The highest BCUT2D eigenvalue weighted by molar-refractivity contribution is 9.09. The van der Waals surface area contributed by atoms with Crippen LogP contribution in [0.5, 0.6) is 0 Å². The molecular formula is C18H26BrNO.